The zero-order valence-electron chi connectivity index (χ0n) is 14.7. The predicted molar refractivity (Wildman–Crippen MR) is 103 cm³/mol. The van der Waals surface area contributed by atoms with Gasteiger partial charge in [0.2, 0.25) is 0 Å². The number of amides is 1. The lowest BCUT2D eigenvalue weighted by molar-refractivity contribution is 0.0951. The van der Waals surface area contributed by atoms with E-state index in [-0.39, 0.29) is 11.7 Å². The molecule has 0 bridgehead atoms. The molecule has 1 saturated carbocycles. The van der Waals surface area contributed by atoms with Crippen LogP contribution in [-0.2, 0) is 16.4 Å². The van der Waals surface area contributed by atoms with Crippen LogP contribution < -0.4 is 16.4 Å². The first kappa shape index (κ1) is 18.3. The Balaban J connectivity index is 1.60. The molecule has 7 heteroatoms. The molecule has 1 amide bonds. The van der Waals surface area contributed by atoms with E-state index < -0.39 is 9.84 Å². The third kappa shape index (κ3) is 4.35. The Kier molecular flexibility index (Phi) is 5.18. The summed E-state index contributed by atoms with van der Waals surface area (Å²) in [6.45, 7) is 1.92. The maximum absolute atomic E-state index is 12.3. The summed E-state index contributed by atoms with van der Waals surface area (Å²) in [5.41, 5.74) is 8.75. The molecule has 1 fully saturated rings. The molecule has 0 spiro atoms. The largest absolute Gasteiger partial charge is 0.397 e. The molecule has 0 unspecified atom stereocenters. The lowest BCUT2D eigenvalue weighted by Gasteiger charge is -2.11. The number of nitrogens with two attached hydrogens (primary N) is 1. The van der Waals surface area contributed by atoms with Crippen molar-refractivity contribution in [1.29, 1.82) is 0 Å². The fourth-order valence-electron chi connectivity index (χ4n) is 2.55. The molecule has 26 heavy (non-hydrogen) atoms. The molecule has 3 rings (SSSR count). The van der Waals surface area contributed by atoms with Crippen molar-refractivity contribution >= 4 is 27.1 Å². The zero-order chi connectivity index (χ0) is 18.7. The van der Waals surface area contributed by atoms with E-state index in [0.717, 1.165) is 24.1 Å². The van der Waals surface area contributed by atoms with Crippen LogP contribution in [0.15, 0.2) is 47.4 Å². The number of carbonyl (C=O) groups is 1. The number of nitrogens with one attached hydrogen (secondary N) is 2. The van der Waals surface area contributed by atoms with Gasteiger partial charge in [-0.3, -0.25) is 4.79 Å². The lowest BCUT2D eigenvalue weighted by Crippen LogP contribution is -2.23. The molecule has 0 aromatic heterocycles. The molecule has 6 nitrogen and oxygen atoms in total. The maximum atomic E-state index is 12.3. The molecule has 2 aromatic rings. The number of sulfone groups is 1. The average Bonchev–Trinajstić information content (AvgIpc) is 3.46. The van der Waals surface area contributed by atoms with Gasteiger partial charge in [0.1, 0.15) is 0 Å². The van der Waals surface area contributed by atoms with E-state index in [9.17, 15) is 13.2 Å². The van der Waals surface area contributed by atoms with Gasteiger partial charge in [0.25, 0.3) is 5.91 Å². The van der Waals surface area contributed by atoms with E-state index in [4.69, 9.17) is 5.73 Å². The van der Waals surface area contributed by atoms with Crippen LogP contribution in [0.3, 0.4) is 0 Å². The van der Waals surface area contributed by atoms with Crippen LogP contribution in [0.5, 0.6) is 0 Å². The topological polar surface area (TPSA) is 101 Å². The summed E-state index contributed by atoms with van der Waals surface area (Å²) >= 11 is 0. The van der Waals surface area contributed by atoms with Gasteiger partial charge in [0.15, 0.2) is 9.84 Å². The molecule has 1 aliphatic rings. The Morgan fingerprint density at radius 3 is 2.42 bits per heavy atom. The van der Waals surface area contributed by atoms with Crippen molar-refractivity contribution in [3.8, 4) is 0 Å². The molecule has 0 aliphatic heterocycles. The van der Waals surface area contributed by atoms with Crippen molar-refractivity contribution in [3.63, 3.8) is 0 Å². The molecule has 1 aliphatic carbocycles. The summed E-state index contributed by atoms with van der Waals surface area (Å²) in [5.74, 6) is -0.157. The van der Waals surface area contributed by atoms with Crippen molar-refractivity contribution in [2.75, 3.05) is 16.8 Å². The van der Waals surface area contributed by atoms with Gasteiger partial charge < -0.3 is 16.4 Å². The predicted octanol–water partition coefficient (Wildman–Crippen LogP) is 2.57. The van der Waals surface area contributed by atoms with Gasteiger partial charge >= 0.3 is 0 Å². The van der Waals surface area contributed by atoms with Gasteiger partial charge in [0.05, 0.1) is 22.0 Å². The van der Waals surface area contributed by atoms with Crippen LogP contribution in [0.2, 0.25) is 0 Å². The minimum absolute atomic E-state index is 0.0656. The van der Waals surface area contributed by atoms with E-state index in [1.54, 1.807) is 43.3 Å². The summed E-state index contributed by atoms with van der Waals surface area (Å²) in [5, 5.41) is 6.15. The number of benzene rings is 2. The molecule has 0 atom stereocenters. The van der Waals surface area contributed by atoms with Gasteiger partial charge in [-0.1, -0.05) is 19.1 Å². The van der Waals surface area contributed by atoms with Crippen molar-refractivity contribution in [2.45, 2.75) is 37.2 Å². The van der Waals surface area contributed by atoms with E-state index in [1.165, 1.54) is 0 Å². The Morgan fingerprint density at radius 2 is 1.85 bits per heavy atom. The van der Waals surface area contributed by atoms with Crippen LogP contribution in [0.1, 0.15) is 35.7 Å². The average molecular weight is 373 g/mol. The lowest BCUT2D eigenvalue weighted by atomic mass is 10.1. The normalized spacial score (nSPS) is 14.0. The molecule has 4 N–H and O–H groups in total. The SMILES string of the molecule is CCS(=O)(=O)c1ccc(CNC(=O)c2ccc(NC3CC3)c(N)c2)cc1. The monoisotopic (exact) mass is 373 g/mol. The summed E-state index contributed by atoms with van der Waals surface area (Å²) < 4.78 is 23.6. The van der Waals surface area contributed by atoms with Crippen molar-refractivity contribution in [1.82, 2.24) is 5.32 Å². The van der Waals surface area contributed by atoms with E-state index in [1.807, 2.05) is 6.07 Å². The Morgan fingerprint density at radius 1 is 1.15 bits per heavy atom. The second kappa shape index (κ2) is 7.37. The molecule has 138 valence electrons. The smallest absolute Gasteiger partial charge is 0.251 e. The zero-order valence-corrected chi connectivity index (χ0v) is 15.5. The highest BCUT2D eigenvalue weighted by molar-refractivity contribution is 7.91. The highest BCUT2D eigenvalue weighted by Gasteiger charge is 2.21. The quantitative estimate of drug-likeness (QED) is 0.648. The molecule has 2 aromatic carbocycles. The van der Waals surface area contributed by atoms with Crippen LogP contribution in [-0.4, -0.2) is 26.1 Å². The first-order chi connectivity index (χ1) is 12.4. The summed E-state index contributed by atoms with van der Waals surface area (Å²) in [4.78, 5) is 12.6. The number of rotatable bonds is 7. The minimum atomic E-state index is -3.21. The number of anilines is 2. The van der Waals surface area contributed by atoms with Crippen molar-refractivity contribution in [2.24, 2.45) is 0 Å². The molecular weight excluding hydrogens is 350 g/mol. The summed E-state index contributed by atoms with van der Waals surface area (Å²) in [6, 6.07) is 12.3. The van der Waals surface area contributed by atoms with Gasteiger partial charge in [-0.15, -0.1) is 0 Å². The molecular formula is C19H23N3O3S. The van der Waals surface area contributed by atoms with E-state index in [0.29, 0.717) is 28.7 Å². The van der Waals surface area contributed by atoms with Crippen molar-refractivity contribution < 1.29 is 13.2 Å². The molecule has 0 saturated heterocycles. The first-order valence-electron chi connectivity index (χ1n) is 8.65. The van der Waals surface area contributed by atoms with E-state index >= 15 is 0 Å². The van der Waals surface area contributed by atoms with Crippen LogP contribution in [0, 0.1) is 0 Å². The summed E-state index contributed by atoms with van der Waals surface area (Å²) in [6.07, 6.45) is 2.31. The standard InChI is InChI=1S/C19H23N3O3S/c1-2-26(24,25)16-8-3-13(4-9-16)12-21-19(23)14-5-10-18(17(20)11-14)22-15-6-7-15/h3-5,8-11,15,22H,2,6-7,12,20H2,1H3,(H,21,23). The number of nitrogen functional groups attached to an aromatic ring is 1. The Labute approximate surface area is 153 Å². The highest BCUT2D eigenvalue weighted by atomic mass is 32.2. The number of hydrogen-bond donors (Lipinski definition) is 3. The third-order valence-corrected chi connectivity index (χ3v) is 6.12. The Hall–Kier alpha value is -2.54. The number of hydrogen-bond acceptors (Lipinski definition) is 5. The Bertz CT molecular complexity index is 904. The molecule has 0 heterocycles. The molecule has 0 radical (unpaired) electrons. The van der Waals surface area contributed by atoms with Crippen LogP contribution in [0.25, 0.3) is 0 Å². The fraction of sp³-hybridized carbons (Fsp3) is 0.316. The second-order valence-corrected chi connectivity index (χ2v) is 8.73. The van der Waals surface area contributed by atoms with Gasteiger partial charge in [-0.2, -0.15) is 0 Å². The summed E-state index contributed by atoms with van der Waals surface area (Å²) in [7, 11) is -3.21. The fourth-order valence-corrected chi connectivity index (χ4v) is 3.43. The third-order valence-electron chi connectivity index (χ3n) is 4.37. The number of carbonyl (C=O) groups excluding carboxylic acids is 1. The van der Waals surface area contributed by atoms with Crippen LogP contribution >= 0.6 is 0 Å². The van der Waals surface area contributed by atoms with Crippen molar-refractivity contribution in [3.05, 3.63) is 53.6 Å². The maximum Gasteiger partial charge on any atom is 0.251 e. The highest BCUT2D eigenvalue weighted by Crippen LogP contribution is 2.28. The minimum Gasteiger partial charge on any atom is -0.397 e. The van der Waals surface area contributed by atoms with Gasteiger partial charge in [-0.05, 0) is 48.7 Å². The second-order valence-electron chi connectivity index (χ2n) is 6.45. The van der Waals surface area contributed by atoms with Crippen LogP contribution in [0.4, 0.5) is 11.4 Å². The first-order valence-corrected chi connectivity index (χ1v) is 10.3. The van der Waals surface area contributed by atoms with E-state index in [2.05, 4.69) is 10.6 Å². The van der Waals surface area contributed by atoms with Gasteiger partial charge in [0, 0.05) is 18.2 Å². The van der Waals surface area contributed by atoms with Gasteiger partial charge in [-0.25, -0.2) is 8.42 Å².